The van der Waals surface area contributed by atoms with Gasteiger partial charge in [0.1, 0.15) is 5.82 Å². The third kappa shape index (κ3) is 3.49. The molecule has 6 heteroatoms. The fourth-order valence-corrected chi connectivity index (χ4v) is 2.76. The Morgan fingerprint density at radius 3 is 2.81 bits per heavy atom. The molecule has 2 aromatic heterocycles. The van der Waals surface area contributed by atoms with Gasteiger partial charge in [0.15, 0.2) is 5.65 Å². The Bertz CT molecular complexity index is 611. The molecule has 0 bridgehead atoms. The Morgan fingerprint density at radius 1 is 1.43 bits per heavy atom. The van der Waals surface area contributed by atoms with Crippen molar-refractivity contribution in [2.75, 3.05) is 23.9 Å². The molecule has 0 fully saturated rings. The van der Waals surface area contributed by atoms with E-state index in [2.05, 4.69) is 28.6 Å². The van der Waals surface area contributed by atoms with E-state index >= 15 is 0 Å². The maximum absolute atomic E-state index is 9.56. The van der Waals surface area contributed by atoms with E-state index in [1.165, 1.54) is 0 Å². The molecule has 0 aliphatic heterocycles. The van der Waals surface area contributed by atoms with E-state index in [1.54, 1.807) is 11.8 Å². The lowest BCUT2D eigenvalue weighted by Crippen LogP contribution is -2.26. The highest BCUT2D eigenvalue weighted by Crippen LogP contribution is 2.20. The number of rotatable bonds is 7. The van der Waals surface area contributed by atoms with E-state index in [0.29, 0.717) is 0 Å². The molecule has 0 amide bonds. The predicted octanol–water partition coefficient (Wildman–Crippen LogP) is 2.43. The summed E-state index contributed by atoms with van der Waals surface area (Å²) in [5, 5.41) is 17.5. The molecule has 0 spiro atoms. The molecule has 0 aromatic carbocycles. The van der Waals surface area contributed by atoms with E-state index < -0.39 is 0 Å². The van der Waals surface area contributed by atoms with Gasteiger partial charge in [-0.05, 0) is 38.7 Å². The largest absolute Gasteiger partial charge is 0.394 e. The summed E-state index contributed by atoms with van der Waals surface area (Å²) in [6.07, 6.45) is 3.88. The van der Waals surface area contributed by atoms with Crippen LogP contribution in [0.1, 0.15) is 30.3 Å². The zero-order chi connectivity index (χ0) is 15.4. The van der Waals surface area contributed by atoms with Crippen LogP contribution >= 0.6 is 11.8 Å². The monoisotopic (exact) mass is 308 g/mol. The highest BCUT2D eigenvalue weighted by atomic mass is 32.2. The molecular weight excluding hydrogens is 284 g/mol. The second kappa shape index (κ2) is 7.13. The molecule has 2 aromatic rings. The molecule has 0 saturated carbocycles. The lowest BCUT2D eigenvalue weighted by Gasteiger charge is -2.18. The number of fused-ring (bicyclic) bond motifs is 1. The van der Waals surface area contributed by atoms with Crippen molar-refractivity contribution in [2.24, 2.45) is 0 Å². The Balaban J connectivity index is 2.39. The first kappa shape index (κ1) is 16.1. The minimum Gasteiger partial charge on any atom is -0.394 e. The highest BCUT2D eigenvalue weighted by Gasteiger charge is 2.14. The van der Waals surface area contributed by atoms with E-state index in [1.807, 2.05) is 24.4 Å². The molecule has 0 aliphatic carbocycles. The van der Waals surface area contributed by atoms with Gasteiger partial charge in [-0.2, -0.15) is 21.4 Å². The number of aromatic nitrogens is 3. The minimum atomic E-state index is 0.0394. The van der Waals surface area contributed by atoms with Crippen molar-refractivity contribution in [2.45, 2.75) is 39.7 Å². The molecular formula is C15H24N4OS. The molecule has 1 atom stereocenters. The van der Waals surface area contributed by atoms with Gasteiger partial charge >= 0.3 is 0 Å². The highest BCUT2D eigenvalue weighted by molar-refractivity contribution is 7.98. The fraction of sp³-hybridized carbons (Fsp3) is 0.600. The van der Waals surface area contributed by atoms with Gasteiger partial charge in [-0.15, -0.1) is 0 Å². The van der Waals surface area contributed by atoms with Gasteiger partial charge in [-0.3, -0.25) is 0 Å². The van der Waals surface area contributed by atoms with Crippen LogP contribution in [0.4, 0.5) is 5.82 Å². The number of nitrogens with zero attached hydrogens (tertiary/aromatic N) is 3. The van der Waals surface area contributed by atoms with Crippen LogP contribution in [0.25, 0.3) is 5.65 Å². The van der Waals surface area contributed by atoms with Crippen molar-refractivity contribution in [1.82, 2.24) is 14.6 Å². The van der Waals surface area contributed by atoms with Gasteiger partial charge in [-0.1, -0.05) is 6.92 Å². The average Bonchev–Trinajstić information content (AvgIpc) is 2.79. The Kier molecular flexibility index (Phi) is 5.47. The zero-order valence-corrected chi connectivity index (χ0v) is 14.0. The molecule has 21 heavy (non-hydrogen) atoms. The number of aliphatic hydroxyl groups excluding tert-OH is 1. The maximum atomic E-state index is 9.56. The van der Waals surface area contributed by atoms with Crippen LogP contribution in [0.2, 0.25) is 0 Å². The van der Waals surface area contributed by atoms with Crippen molar-refractivity contribution in [3.05, 3.63) is 23.0 Å². The SMILES string of the molecule is CCc1cc(N[C@H](CO)CCSC)n2nc(C)c(C)c2n1. The second-order valence-electron chi connectivity index (χ2n) is 5.24. The number of hydrogen-bond donors (Lipinski definition) is 2. The molecule has 0 radical (unpaired) electrons. The van der Waals surface area contributed by atoms with Gasteiger partial charge in [-0.25, -0.2) is 4.98 Å². The van der Waals surface area contributed by atoms with Crippen LogP contribution in [0, 0.1) is 13.8 Å². The Morgan fingerprint density at radius 2 is 2.19 bits per heavy atom. The Labute approximate surface area is 130 Å². The first-order chi connectivity index (χ1) is 10.1. The number of aliphatic hydroxyl groups is 1. The third-order valence-electron chi connectivity index (χ3n) is 3.71. The van der Waals surface area contributed by atoms with Crippen LogP contribution in [0.15, 0.2) is 6.07 Å². The summed E-state index contributed by atoms with van der Waals surface area (Å²) in [5.74, 6) is 1.93. The lowest BCUT2D eigenvalue weighted by molar-refractivity contribution is 0.272. The smallest absolute Gasteiger partial charge is 0.160 e. The first-order valence-electron chi connectivity index (χ1n) is 7.32. The molecule has 0 aliphatic rings. The van der Waals surface area contributed by atoms with Crippen molar-refractivity contribution >= 4 is 23.2 Å². The number of nitrogens with one attached hydrogen (secondary N) is 1. The molecule has 116 valence electrons. The number of aryl methyl sites for hydroxylation is 3. The normalized spacial score (nSPS) is 12.8. The topological polar surface area (TPSA) is 62.5 Å². The standard InChI is InChI=1S/C15H24N4OS/c1-5-12-8-14(16-13(9-20)6-7-21-4)19-15(17-12)10(2)11(3)18-19/h8,13,16,20H,5-7,9H2,1-4H3/t13-/m0/s1. The fourth-order valence-electron chi connectivity index (χ4n) is 2.24. The number of anilines is 1. The van der Waals surface area contributed by atoms with Crippen molar-refractivity contribution in [3.63, 3.8) is 0 Å². The molecule has 2 N–H and O–H groups in total. The quantitative estimate of drug-likeness (QED) is 0.822. The zero-order valence-electron chi connectivity index (χ0n) is 13.2. The summed E-state index contributed by atoms with van der Waals surface area (Å²) in [5.41, 5.74) is 4.03. The number of thioether (sulfide) groups is 1. The van der Waals surface area contributed by atoms with Crippen molar-refractivity contribution in [1.29, 1.82) is 0 Å². The van der Waals surface area contributed by atoms with Crippen molar-refractivity contribution in [3.8, 4) is 0 Å². The summed E-state index contributed by atoms with van der Waals surface area (Å²) in [6.45, 7) is 6.26. The summed E-state index contributed by atoms with van der Waals surface area (Å²) in [7, 11) is 0. The van der Waals surface area contributed by atoms with Crippen LogP contribution < -0.4 is 5.32 Å². The van der Waals surface area contributed by atoms with Crippen molar-refractivity contribution < 1.29 is 5.11 Å². The van der Waals surface area contributed by atoms with Crippen LogP contribution in [-0.4, -0.2) is 44.4 Å². The molecule has 2 rings (SSSR count). The van der Waals surface area contributed by atoms with Crippen LogP contribution in [-0.2, 0) is 6.42 Å². The average molecular weight is 308 g/mol. The van der Waals surface area contributed by atoms with Crippen LogP contribution in [0.3, 0.4) is 0 Å². The number of hydrogen-bond acceptors (Lipinski definition) is 5. The van der Waals surface area contributed by atoms with Crippen LogP contribution in [0.5, 0.6) is 0 Å². The van der Waals surface area contributed by atoms with E-state index in [9.17, 15) is 5.11 Å². The summed E-state index contributed by atoms with van der Waals surface area (Å²) in [4.78, 5) is 4.66. The summed E-state index contributed by atoms with van der Waals surface area (Å²) < 4.78 is 1.85. The van der Waals surface area contributed by atoms with E-state index in [-0.39, 0.29) is 12.6 Å². The van der Waals surface area contributed by atoms with Gasteiger partial charge in [0.05, 0.1) is 18.3 Å². The van der Waals surface area contributed by atoms with E-state index in [0.717, 1.165) is 47.0 Å². The van der Waals surface area contributed by atoms with Gasteiger partial charge in [0.2, 0.25) is 0 Å². The van der Waals surface area contributed by atoms with Gasteiger partial charge < -0.3 is 10.4 Å². The van der Waals surface area contributed by atoms with Gasteiger partial charge in [0.25, 0.3) is 0 Å². The molecule has 5 nitrogen and oxygen atoms in total. The van der Waals surface area contributed by atoms with E-state index in [4.69, 9.17) is 0 Å². The second-order valence-corrected chi connectivity index (χ2v) is 6.22. The summed E-state index contributed by atoms with van der Waals surface area (Å²) >= 11 is 1.79. The Hall–Kier alpha value is -1.27. The summed E-state index contributed by atoms with van der Waals surface area (Å²) in [6, 6.07) is 2.07. The third-order valence-corrected chi connectivity index (χ3v) is 4.36. The minimum absolute atomic E-state index is 0.0394. The molecule has 0 saturated heterocycles. The molecule has 2 heterocycles. The first-order valence-corrected chi connectivity index (χ1v) is 8.72. The lowest BCUT2D eigenvalue weighted by atomic mass is 10.2. The van der Waals surface area contributed by atoms with Gasteiger partial charge in [0, 0.05) is 17.3 Å². The predicted molar refractivity (Wildman–Crippen MR) is 89.3 cm³/mol. The maximum Gasteiger partial charge on any atom is 0.160 e. The molecule has 0 unspecified atom stereocenters.